The maximum absolute atomic E-state index is 13.0. The lowest BCUT2D eigenvalue weighted by Gasteiger charge is -2.35. The number of benzene rings is 2. The second kappa shape index (κ2) is 7.85. The van der Waals surface area contributed by atoms with E-state index in [1.165, 1.54) is 12.1 Å². The van der Waals surface area contributed by atoms with Crippen LogP contribution >= 0.6 is 11.6 Å². The van der Waals surface area contributed by atoms with Gasteiger partial charge in [-0.15, -0.1) is 0 Å². The Bertz CT molecular complexity index is 743. The fourth-order valence-corrected chi connectivity index (χ4v) is 3.21. The number of carbonyl (C=O) groups excluding carboxylic acids is 1. The van der Waals surface area contributed by atoms with Gasteiger partial charge in [0.15, 0.2) is 0 Å². The summed E-state index contributed by atoms with van der Waals surface area (Å²) in [5.74, 6) is -0.296. The number of aryl methyl sites for hydroxylation is 1. The highest BCUT2D eigenvalue weighted by atomic mass is 35.5. The summed E-state index contributed by atoms with van der Waals surface area (Å²) >= 11 is 6.15. The number of halogens is 2. The van der Waals surface area contributed by atoms with Crippen molar-refractivity contribution in [3.63, 3.8) is 0 Å². The molecule has 1 heterocycles. The summed E-state index contributed by atoms with van der Waals surface area (Å²) in [4.78, 5) is 16.5. The first-order valence-electron chi connectivity index (χ1n) is 8.30. The Labute approximate surface area is 152 Å². The number of hydrogen-bond donors (Lipinski definition) is 1. The smallest absolute Gasteiger partial charge is 0.238 e. The van der Waals surface area contributed by atoms with Gasteiger partial charge in [0.05, 0.1) is 17.3 Å². The van der Waals surface area contributed by atoms with Gasteiger partial charge in [-0.3, -0.25) is 9.69 Å². The van der Waals surface area contributed by atoms with E-state index in [0.717, 1.165) is 37.4 Å². The SMILES string of the molecule is Cc1ccc(NC(=O)CN2CCN(c3ccc(F)cc3)CC2)c(Cl)c1. The van der Waals surface area contributed by atoms with Crippen LogP contribution in [0.3, 0.4) is 0 Å². The summed E-state index contributed by atoms with van der Waals surface area (Å²) in [6.45, 7) is 5.48. The van der Waals surface area contributed by atoms with Crippen molar-refractivity contribution in [2.24, 2.45) is 0 Å². The predicted molar refractivity (Wildman–Crippen MR) is 99.9 cm³/mol. The van der Waals surface area contributed by atoms with Crippen molar-refractivity contribution in [2.75, 3.05) is 42.9 Å². The third kappa shape index (κ3) is 4.71. The van der Waals surface area contributed by atoms with E-state index in [4.69, 9.17) is 11.6 Å². The molecule has 0 bridgehead atoms. The number of nitrogens with zero attached hydrogens (tertiary/aromatic N) is 2. The first-order valence-corrected chi connectivity index (χ1v) is 8.68. The lowest BCUT2D eigenvalue weighted by atomic mass is 10.2. The van der Waals surface area contributed by atoms with E-state index in [1.807, 2.05) is 25.1 Å². The molecule has 0 spiro atoms. The largest absolute Gasteiger partial charge is 0.369 e. The van der Waals surface area contributed by atoms with Gasteiger partial charge >= 0.3 is 0 Å². The molecule has 132 valence electrons. The molecule has 0 aromatic heterocycles. The van der Waals surface area contributed by atoms with Crippen molar-refractivity contribution in [1.82, 2.24) is 4.90 Å². The van der Waals surface area contributed by atoms with E-state index in [0.29, 0.717) is 17.3 Å². The van der Waals surface area contributed by atoms with Gasteiger partial charge in [-0.2, -0.15) is 0 Å². The minimum atomic E-state index is -0.228. The van der Waals surface area contributed by atoms with Gasteiger partial charge in [0, 0.05) is 31.9 Å². The average Bonchev–Trinajstić information content (AvgIpc) is 2.59. The molecule has 1 amide bonds. The summed E-state index contributed by atoms with van der Waals surface area (Å²) in [7, 11) is 0. The summed E-state index contributed by atoms with van der Waals surface area (Å²) in [5, 5.41) is 3.42. The van der Waals surface area contributed by atoms with E-state index < -0.39 is 0 Å². The second-order valence-corrected chi connectivity index (χ2v) is 6.68. The number of hydrogen-bond acceptors (Lipinski definition) is 3. The lowest BCUT2D eigenvalue weighted by molar-refractivity contribution is -0.117. The highest BCUT2D eigenvalue weighted by Crippen LogP contribution is 2.22. The second-order valence-electron chi connectivity index (χ2n) is 6.27. The summed E-state index contributed by atoms with van der Waals surface area (Å²) in [6.07, 6.45) is 0. The summed E-state index contributed by atoms with van der Waals surface area (Å²) in [6, 6.07) is 12.1. The molecule has 1 saturated heterocycles. The number of piperazine rings is 1. The molecular weight excluding hydrogens is 341 g/mol. The highest BCUT2D eigenvalue weighted by molar-refractivity contribution is 6.33. The lowest BCUT2D eigenvalue weighted by Crippen LogP contribution is -2.48. The number of carbonyl (C=O) groups is 1. The molecule has 1 N–H and O–H groups in total. The third-order valence-corrected chi connectivity index (χ3v) is 4.64. The predicted octanol–water partition coefficient (Wildman–Crippen LogP) is 3.55. The quantitative estimate of drug-likeness (QED) is 0.904. The number of amides is 1. The molecular formula is C19H21ClFN3O. The van der Waals surface area contributed by atoms with E-state index in [-0.39, 0.29) is 11.7 Å². The average molecular weight is 362 g/mol. The van der Waals surface area contributed by atoms with Gasteiger partial charge in [0.1, 0.15) is 5.82 Å². The molecule has 0 radical (unpaired) electrons. The van der Waals surface area contributed by atoms with Crippen LogP contribution in [-0.2, 0) is 4.79 Å². The Kier molecular flexibility index (Phi) is 5.56. The molecule has 1 aliphatic heterocycles. The molecule has 25 heavy (non-hydrogen) atoms. The molecule has 1 aliphatic rings. The minimum Gasteiger partial charge on any atom is -0.369 e. The zero-order valence-electron chi connectivity index (χ0n) is 14.1. The molecule has 4 nitrogen and oxygen atoms in total. The first kappa shape index (κ1) is 17.7. The Balaban J connectivity index is 1.50. The Morgan fingerprint density at radius 3 is 2.44 bits per heavy atom. The molecule has 0 aliphatic carbocycles. The van der Waals surface area contributed by atoms with Gasteiger partial charge in [-0.1, -0.05) is 17.7 Å². The van der Waals surface area contributed by atoms with Crippen molar-refractivity contribution in [2.45, 2.75) is 6.92 Å². The first-order chi connectivity index (χ1) is 12.0. The molecule has 1 fully saturated rings. The van der Waals surface area contributed by atoms with Crippen LogP contribution in [0, 0.1) is 12.7 Å². The Morgan fingerprint density at radius 2 is 1.80 bits per heavy atom. The van der Waals surface area contributed by atoms with Gasteiger partial charge < -0.3 is 10.2 Å². The van der Waals surface area contributed by atoms with Crippen molar-refractivity contribution < 1.29 is 9.18 Å². The molecule has 0 unspecified atom stereocenters. The molecule has 2 aromatic rings. The van der Waals surface area contributed by atoms with Crippen LogP contribution in [0.15, 0.2) is 42.5 Å². The maximum atomic E-state index is 13.0. The van der Waals surface area contributed by atoms with Crippen LogP contribution in [0.5, 0.6) is 0 Å². The highest BCUT2D eigenvalue weighted by Gasteiger charge is 2.19. The van der Waals surface area contributed by atoms with E-state index >= 15 is 0 Å². The van der Waals surface area contributed by atoms with E-state index in [2.05, 4.69) is 15.1 Å². The van der Waals surface area contributed by atoms with Gasteiger partial charge in [0.25, 0.3) is 0 Å². The number of nitrogens with one attached hydrogen (secondary N) is 1. The normalized spacial score (nSPS) is 15.2. The number of anilines is 2. The van der Waals surface area contributed by atoms with Crippen LogP contribution in [0.25, 0.3) is 0 Å². The number of rotatable bonds is 4. The van der Waals surface area contributed by atoms with Crippen LogP contribution in [0.2, 0.25) is 5.02 Å². The molecule has 0 atom stereocenters. The van der Waals surface area contributed by atoms with Gasteiger partial charge in [0.2, 0.25) is 5.91 Å². The summed E-state index contributed by atoms with van der Waals surface area (Å²) in [5.41, 5.74) is 2.71. The van der Waals surface area contributed by atoms with Gasteiger partial charge in [-0.25, -0.2) is 4.39 Å². The molecule has 0 saturated carbocycles. The van der Waals surface area contributed by atoms with Crippen LogP contribution in [0.1, 0.15) is 5.56 Å². The topological polar surface area (TPSA) is 35.6 Å². The fraction of sp³-hybridized carbons (Fsp3) is 0.316. The third-order valence-electron chi connectivity index (χ3n) is 4.33. The standard InChI is InChI=1S/C19H21ClFN3O/c1-14-2-7-18(17(20)12-14)22-19(25)13-23-8-10-24(11-9-23)16-5-3-15(21)4-6-16/h2-7,12H,8-11,13H2,1H3,(H,22,25). The zero-order valence-corrected chi connectivity index (χ0v) is 14.9. The van der Waals surface area contributed by atoms with Crippen molar-refractivity contribution in [3.05, 3.63) is 58.9 Å². The maximum Gasteiger partial charge on any atom is 0.238 e. The van der Waals surface area contributed by atoms with Crippen LogP contribution < -0.4 is 10.2 Å². The zero-order chi connectivity index (χ0) is 17.8. The summed E-state index contributed by atoms with van der Waals surface area (Å²) < 4.78 is 13.0. The Hall–Kier alpha value is -2.11. The molecule has 3 rings (SSSR count). The van der Waals surface area contributed by atoms with E-state index in [1.54, 1.807) is 12.1 Å². The van der Waals surface area contributed by atoms with Gasteiger partial charge in [-0.05, 0) is 48.9 Å². The monoisotopic (exact) mass is 361 g/mol. The minimum absolute atomic E-state index is 0.0685. The van der Waals surface area contributed by atoms with Crippen molar-refractivity contribution >= 4 is 28.9 Å². The molecule has 6 heteroatoms. The molecule has 2 aromatic carbocycles. The Morgan fingerprint density at radius 1 is 1.12 bits per heavy atom. The van der Waals surface area contributed by atoms with Crippen molar-refractivity contribution in [1.29, 1.82) is 0 Å². The fourth-order valence-electron chi connectivity index (χ4n) is 2.93. The van der Waals surface area contributed by atoms with Crippen molar-refractivity contribution in [3.8, 4) is 0 Å². The van der Waals surface area contributed by atoms with Crippen LogP contribution in [0.4, 0.5) is 15.8 Å². The van der Waals surface area contributed by atoms with Crippen LogP contribution in [-0.4, -0.2) is 43.5 Å². The van der Waals surface area contributed by atoms with E-state index in [9.17, 15) is 9.18 Å².